The van der Waals surface area contributed by atoms with Gasteiger partial charge in [0.05, 0.1) is 24.9 Å². The third kappa shape index (κ3) is 5.66. The Bertz CT molecular complexity index is 428. The van der Waals surface area contributed by atoms with Gasteiger partial charge in [0.25, 0.3) is 0 Å². The first-order chi connectivity index (χ1) is 11.3. The number of β-amino-alcohol motifs (C(OH)–C–C–N with tert-alkyl or cyclic N) is 1. The molecule has 2 aliphatic rings. The summed E-state index contributed by atoms with van der Waals surface area (Å²) in [6, 6.07) is 0. The van der Waals surface area contributed by atoms with Crippen molar-refractivity contribution >= 4 is 0 Å². The Hall–Kier alpha value is -0.160. The van der Waals surface area contributed by atoms with Crippen LogP contribution in [0.15, 0.2) is 0 Å². The number of aliphatic hydroxyl groups excluding tert-OH is 2. The Labute approximate surface area is 154 Å². The van der Waals surface area contributed by atoms with Crippen LogP contribution in [0.3, 0.4) is 0 Å². The van der Waals surface area contributed by atoms with E-state index in [0.717, 1.165) is 25.7 Å². The first-order valence-electron chi connectivity index (χ1n) is 10.1. The van der Waals surface area contributed by atoms with Crippen LogP contribution in [-0.4, -0.2) is 57.7 Å². The fourth-order valence-corrected chi connectivity index (χ4v) is 5.66. The molecule has 2 N–H and O–H groups in total. The molecule has 0 radical (unpaired) electrons. The SMILES string of the molecule is C[C@@H]1C[C@H](OC[C@@H](O)CN2C(C)(C)CC(O)CC2(C)C)CC(C)(C)C1. The molecule has 0 aromatic rings. The van der Waals surface area contributed by atoms with Crippen molar-refractivity contribution in [3.05, 3.63) is 0 Å². The average Bonchev–Trinajstić information content (AvgIpc) is 2.37. The van der Waals surface area contributed by atoms with E-state index < -0.39 is 6.10 Å². The summed E-state index contributed by atoms with van der Waals surface area (Å²) >= 11 is 0. The van der Waals surface area contributed by atoms with Gasteiger partial charge in [-0.25, -0.2) is 0 Å². The fourth-order valence-electron chi connectivity index (χ4n) is 5.66. The molecule has 148 valence electrons. The molecule has 25 heavy (non-hydrogen) atoms. The van der Waals surface area contributed by atoms with Crippen molar-refractivity contribution in [1.29, 1.82) is 0 Å². The van der Waals surface area contributed by atoms with Crippen molar-refractivity contribution in [2.24, 2.45) is 11.3 Å². The van der Waals surface area contributed by atoms with Crippen molar-refractivity contribution in [3.63, 3.8) is 0 Å². The van der Waals surface area contributed by atoms with E-state index in [0.29, 0.717) is 24.5 Å². The summed E-state index contributed by atoms with van der Waals surface area (Å²) < 4.78 is 6.12. The molecule has 4 heteroatoms. The maximum atomic E-state index is 10.6. The second-order valence-corrected chi connectivity index (χ2v) is 10.8. The van der Waals surface area contributed by atoms with Crippen LogP contribution < -0.4 is 0 Å². The van der Waals surface area contributed by atoms with Gasteiger partial charge in [0.15, 0.2) is 0 Å². The third-order valence-electron chi connectivity index (χ3n) is 6.20. The monoisotopic (exact) mass is 355 g/mol. The Kier molecular flexibility index (Phi) is 6.31. The van der Waals surface area contributed by atoms with Crippen molar-refractivity contribution in [2.75, 3.05) is 13.2 Å². The van der Waals surface area contributed by atoms with Crippen LogP contribution in [0.5, 0.6) is 0 Å². The van der Waals surface area contributed by atoms with Crippen molar-refractivity contribution in [3.8, 4) is 0 Å². The standard InChI is InChI=1S/C21H41NO3/c1-15-8-18(12-19(2,3)9-15)25-14-17(24)13-22-20(4,5)10-16(23)11-21(22,6)7/h15-18,23-24H,8-14H2,1-7H3/t15-,17+,18+/m1/s1. The molecule has 1 heterocycles. The number of hydrogen-bond donors (Lipinski definition) is 2. The van der Waals surface area contributed by atoms with E-state index in [4.69, 9.17) is 4.74 Å². The predicted molar refractivity (Wildman–Crippen MR) is 103 cm³/mol. The van der Waals surface area contributed by atoms with Crippen molar-refractivity contribution in [1.82, 2.24) is 4.90 Å². The van der Waals surface area contributed by atoms with Crippen LogP contribution in [0.2, 0.25) is 0 Å². The number of nitrogens with zero attached hydrogens (tertiary/aromatic N) is 1. The lowest BCUT2D eigenvalue weighted by molar-refractivity contribution is -0.114. The Morgan fingerprint density at radius 3 is 2.08 bits per heavy atom. The van der Waals surface area contributed by atoms with Gasteiger partial charge in [0.1, 0.15) is 0 Å². The summed E-state index contributed by atoms with van der Waals surface area (Å²) in [6.45, 7) is 16.6. The van der Waals surface area contributed by atoms with E-state index in [1.807, 2.05) is 0 Å². The van der Waals surface area contributed by atoms with Crippen LogP contribution in [0, 0.1) is 11.3 Å². The van der Waals surface area contributed by atoms with E-state index in [-0.39, 0.29) is 23.3 Å². The fraction of sp³-hybridized carbons (Fsp3) is 1.00. The minimum absolute atomic E-state index is 0.122. The normalized spacial score (nSPS) is 34.0. The van der Waals surface area contributed by atoms with E-state index in [9.17, 15) is 10.2 Å². The molecule has 1 aliphatic heterocycles. The number of piperidine rings is 1. The molecule has 0 amide bonds. The predicted octanol–water partition coefficient (Wildman–Crippen LogP) is 3.59. The van der Waals surface area contributed by atoms with Gasteiger partial charge in [0.2, 0.25) is 0 Å². The lowest BCUT2D eigenvalue weighted by Gasteiger charge is -2.55. The van der Waals surface area contributed by atoms with Gasteiger partial charge in [0, 0.05) is 17.6 Å². The van der Waals surface area contributed by atoms with Crippen LogP contribution in [0.25, 0.3) is 0 Å². The van der Waals surface area contributed by atoms with Crippen LogP contribution in [0.1, 0.15) is 80.6 Å². The summed E-state index contributed by atoms with van der Waals surface area (Å²) in [4.78, 5) is 2.36. The molecule has 0 aromatic carbocycles. The largest absolute Gasteiger partial charge is 0.393 e. The van der Waals surface area contributed by atoms with Gasteiger partial charge in [-0.1, -0.05) is 20.8 Å². The summed E-state index contributed by atoms with van der Waals surface area (Å²) in [5.41, 5.74) is 0.0905. The Morgan fingerprint density at radius 1 is 1.00 bits per heavy atom. The zero-order chi connectivity index (χ0) is 19.0. The highest BCUT2D eigenvalue weighted by Crippen LogP contribution is 2.40. The number of hydrogen-bond acceptors (Lipinski definition) is 4. The molecule has 0 spiro atoms. The van der Waals surface area contributed by atoms with Gasteiger partial charge in [-0.3, -0.25) is 4.90 Å². The van der Waals surface area contributed by atoms with E-state index in [1.54, 1.807) is 0 Å². The van der Waals surface area contributed by atoms with Gasteiger partial charge in [-0.2, -0.15) is 0 Å². The van der Waals surface area contributed by atoms with Crippen LogP contribution >= 0.6 is 0 Å². The van der Waals surface area contributed by atoms with Crippen molar-refractivity contribution < 1.29 is 14.9 Å². The smallest absolute Gasteiger partial charge is 0.0900 e. The molecule has 2 rings (SSSR count). The molecular formula is C21H41NO3. The summed E-state index contributed by atoms with van der Waals surface area (Å²) in [6.07, 6.45) is 4.44. The van der Waals surface area contributed by atoms with Crippen LogP contribution in [-0.2, 0) is 4.74 Å². The zero-order valence-electron chi connectivity index (χ0n) is 17.5. The van der Waals surface area contributed by atoms with E-state index in [2.05, 4.69) is 53.4 Å². The highest BCUT2D eigenvalue weighted by atomic mass is 16.5. The van der Waals surface area contributed by atoms with Gasteiger partial charge >= 0.3 is 0 Å². The third-order valence-corrected chi connectivity index (χ3v) is 6.20. The first-order valence-corrected chi connectivity index (χ1v) is 10.1. The number of rotatable bonds is 5. The topological polar surface area (TPSA) is 52.9 Å². The Morgan fingerprint density at radius 2 is 1.56 bits per heavy atom. The average molecular weight is 356 g/mol. The first kappa shape index (κ1) is 21.1. The van der Waals surface area contributed by atoms with Gasteiger partial charge < -0.3 is 14.9 Å². The highest BCUT2D eigenvalue weighted by molar-refractivity contribution is 5.00. The molecule has 1 aliphatic carbocycles. The maximum absolute atomic E-state index is 10.6. The number of ether oxygens (including phenoxy) is 1. The minimum Gasteiger partial charge on any atom is -0.393 e. The molecule has 1 saturated heterocycles. The lowest BCUT2D eigenvalue weighted by atomic mass is 9.71. The molecule has 4 nitrogen and oxygen atoms in total. The summed E-state index contributed by atoms with van der Waals surface area (Å²) in [7, 11) is 0. The quantitative estimate of drug-likeness (QED) is 0.791. The molecule has 1 saturated carbocycles. The maximum Gasteiger partial charge on any atom is 0.0900 e. The molecular weight excluding hydrogens is 314 g/mol. The zero-order valence-corrected chi connectivity index (χ0v) is 17.5. The summed E-state index contributed by atoms with van der Waals surface area (Å²) in [5, 5.41) is 20.8. The molecule has 0 bridgehead atoms. The van der Waals surface area contributed by atoms with E-state index >= 15 is 0 Å². The Balaban J connectivity index is 1.90. The van der Waals surface area contributed by atoms with Gasteiger partial charge in [-0.15, -0.1) is 0 Å². The van der Waals surface area contributed by atoms with E-state index in [1.165, 1.54) is 6.42 Å². The lowest BCUT2D eigenvalue weighted by Crippen LogP contribution is -2.63. The molecule has 2 fully saturated rings. The number of aliphatic hydroxyl groups is 2. The number of likely N-dealkylation sites (tertiary alicyclic amines) is 1. The highest BCUT2D eigenvalue weighted by Gasteiger charge is 2.45. The summed E-state index contributed by atoms with van der Waals surface area (Å²) in [5.74, 6) is 0.687. The van der Waals surface area contributed by atoms with Crippen molar-refractivity contribution in [2.45, 2.75) is 110 Å². The molecule has 0 unspecified atom stereocenters. The van der Waals surface area contributed by atoms with Gasteiger partial charge in [-0.05, 0) is 71.1 Å². The second kappa shape index (κ2) is 7.46. The molecule has 3 atom stereocenters. The molecule has 0 aromatic heterocycles. The minimum atomic E-state index is -0.492. The second-order valence-electron chi connectivity index (χ2n) is 10.8. The van der Waals surface area contributed by atoms with Crippen LogP contribution in [0.4, 0.5) is 0 Å².